The van der Waals surface area contributed by atoms with E-state index in [0.717, 1.165) is 11.3 Å². The topological polar surface area (TPSA) is 60.0 Å². The summed E-state index contributed by atoms with van der Waals surface area (Å²) in [5.41, 5.74) is 3.71. The molecule has 20 heavy (non-hydrogen) atoms. The molecule has 0 atom stereocenters. The van der Waals surface area contributed by atoms with Gasteiger partial charge in [0.15, 0.2) is 11.5 Å². The van der Waals surface area contributed by atoms with Crippen molar-refractivity contribution in [2.75, 3.05) is 33.1 Å². The smallest absolute Gasteiger partial charge is 0.258 e. The highest BCUT2D eigenvalue weighted by atomic mass is 16.7. The zero-order valence-electron chi connectivity index (χ0n) is 11.0. The Kier molecular flexibility index (Phi) is 3.85. The van der Waals surface area contributed by atoms with Crippen LogP contribution in [0.5, 0.6) is 11.5 Å². The van der Waals surface area contributed by atoms with E-state index >= 15 is 0 Å². The van der Waals surface area contributed by atoms with E-state index in [0.29, 0.717) is 32.1 Å². The number of morpholine rings is 1. The van der Waals surface area contributed by atoms with Gasteiger partial charge in [0.2, 0.25) is 6.79 Å². The lowest BCUT2D eigenvalue weighted by Gasteiger charge is -2.26. The Labute approximate surface area is 116 Å². The number of hydrogen-bond acceptors (Lipinski definition) is 5. The summed E-state index contributed by atoms with van der Waals surface area (Å²) in [6, 6.07) is 5.56. The van der Waals surface area contributed by atoms with Crippen LogP contribution in [0.1, 0.15) is 5.56 Å². The van der Waals surface area contributed by atoms with Gasteiger partial charge in [-0.15, -0.1) is 0 Å². The molecule has 2 aliphatic heterocycles. The molecule has 2 heterocycles. The van der Waals surface area contributed by atoms with Crippen LogP contribution in [0.3, 0.4) is 0 Å². The molecule has 1 fully saturated rings. The molecular formula is C14H16N2O4. The Hall–Kier alpha value is -2.05. The fourth-order valence-corrected chi connectivity index (χ4v) is 2.06. The number of fused-ring (bicyclic) bond motifs is 1. The van der Waals surface area contributed by atoms with E-state index in [9.17, 15) is 4.79 Å². The van der Waals surface area contributed by atoms with Crippen LogP contribution >= 0.6 is 0 Å². The molecule has 1 aromatic carbocycles. The van der Waals surface area contributed by atoms with Gasteiger partial charge in [0.05, 0.1) is 13.2 Å². The summed E-state index contributed by atoms with van der Waals surface area (Å²) >= 11 is 0. The summed E-state index contributed by atoms with van der Waals surface area (Å²) < 4.78 is 15.7. The largest absolute Gasteiger partial charge is 0.454 e. The van der Waals surface area contributed by atoms with Crippen LogP contribution in [0.4, 0.5) is 0 Å². The van der Waals surface area contributed by atoms with E-state index in [1.54, 1.807) is 6.08 Å². The van der Waals surface area contributed by atoms with E-state index in [4.69, 9.17) is 14.2 Å². The molecule has 1 saturated heterocycles. The zero-order valence-corrected chi connectivity index (χ0v) is 11.0. The number of nitrogens with zero attached hydrogens (tertiary/aromatic N) is 1. The van der Waals surface area contributed by atoms with Crippen molar-refractivity contribution in [1.82, 2.24) is 10.4 Å². The predicted octanol–water partition coefficient (Wildman–Crippen LogP) is 0.792. The van der Waals surface area contributed by atoms with Crippen LogP contribution in [0, 0.1) is 0 Å². The zero-order chi connectivity index (χ0) is 13.8. The van der Waals surface area contributed by atoms with Crippen LogP contribution in [0.15, 0.2) is 24.3 Å². The third-order valence-corrected chi connectivity index (χ3v) is 3.10. The molecule has 2 aliphatic rings. The highest BCUT2D eigenvalue weighted by Gasteiger charge is 2.13. The van der Waals surface area contributed by atoms with Gasteiger partial charge < -0.3 is 14.2 Å². The molecule has 0 bridgehead atoms. The molecule has 0 radical (unpaired) electrons. The Balaban J connectivity index is 1.57. The normalized spacial score (nSPS) is 18.4. The fraction of sp³-hybridized carbons (Fsp3) is 0.357. The monoisotopic (exact) mass is 276 g/mol. The lowest BCUT2D eigenvalue weighted by Crippen LogP contribution is -2.47. The number of hydrogen-bond donors (Lipinski definition) is 1. The van der Waals surface area contributed by atoms with Crippen molar-refractivity contribution >= 4 is 12.0 Å². The third-order valence-electron chi connectivity index (χ3n) is 3.10. The second kappa shape index (κ2) is 5.94. The van der Waals surface area contributed by atoms with Crippen molar-refractivity contribution in [2.45, 2.75) is 0 Å². The number of rotatable bonds is 3. The van der Waals surface area contributed by atoms with E-state index in [2.05, 4.69) is 5.43 Å². The van der Waals surface area contributed by atoms with E-state index in [1.807, 2.05) is 23.2 Å². The van der Waals surface area contributed by atoms with E-state index in [-0.39, 0.29) is 12.7 Å². The summed E-state index contributed by atoms with van der Waals surface area (Å²) in [6.45, 7) is 2.96. The highest BCUT2D eigenvalue weighted by molar-refractivity contribution is 5.91. The van der Waals surface area contributed by atoms with Gasteiger partial charge in [-0.2, -0.15) is 0 Å². The molecule has 1 amide bonds. The van der Waals surface area contributed by atoms with Gasteiger partial charge in [-0.25, -0.2) is 5.01 Å². The molecule has 1 aromatic rings. The molecule has 3 rings (SSSR count). The van der Waals surface area contributed by atoms with E-state index in [1.165, 1.54) is 6.08 Å². The summed E-state index contributed by atoms with van der Waals surface area (Å²) in [5, 5.41) is 1.86. The molecule has 6 heteroatoms. The number of hydrazine groups is 1. The first kappa shape index (κ1) is 13.0. The standard InChI is InChI=1S/C14H16N2O4/c17-14(15-16-5-7-18-8-6-16)4-2-11-1-3-12-13(9-11)20-10-19-12/h1-4,9H,5-8,10H2,(H,15,17). The number of carbonyl (C=O) groups excluding carboxylic acids is 1. The maximum atomic E-state index is 11.8. The molecule has 6 nitrogen and oxygen atoms in total. The maximum absolute atomic E-state index is 11.8. The van der Waals surface area contributed by atoms with Crippen molar-refractivity contribution in [3.63, 3.8) is 0 Å². The van der Waals surface area contributed by atoms with Crippen molar-refractivity contribution < 1.29 is 19.0 Å². The molecule has 1 N–H and O–H groups in total. The van der Waals surface area contributed by atoms with Crippen molar-refractivity contribution in [1.29, 1.82) is 0 Å². The fourth-order valence-electron chi connectivity index (χ4n) is 2.06. The molecule has 0 spiro atoms. The molecule has 0 aromatic heterocycles. The van der Waals surface area contributed by atoms with Gasteiger partial charge in [-0.3, -0.25) is 10.2 Å². The lowest BCUT2D eigenvalue weighted by atomic mass is 10.2. The second-order valence-electron chi connectivity index (χ2n) is 4.52. The quantitative estimate of drug-likeness (QED) is 0.827. The average molecular weight is 276 g/mol. The first-order chi connectivity index (χ1) is 9.81. The van der Waals surface area contributed by atoms with Crippen LogP contribution in [-0.4, -0.2) is 44.0 Å². The highest BCUT2D eigenvalue weighted by Crippen LogP contribution is 2.32. The third kappa shape index (κ3) is 3.09. The predicted molar refractivity (Wildman–Crippen MR) is 72.1 cm³/mol. The number of benzene rings is 1. The molecule has 0 aliphatic carbocycles. The van der Waals surface area contributed by atoms with Gasteiger partial charge in [-0.05, 0) is 23.8 Å². The molecular weight excluding hydrogens is 260 g/mol. The Bertz CT molecular complexity index is 524. The van der Waals surface area contributed by atoms with Crippen LogP contribution in [0.25, 0.3) is 6.08 Å². The minimum Gasteiger partial charge on any atom is -0.454 e. The lowest BCUT2D eigenvalue weighted by molar-refractivity contribution is -0.123. The molecule has 0 saturated carbocycles. The summed E-state index contributed by atoms with van der Waals surface area (Å²) in [7, 11) is 0. The average Bonchev–Trinajstić information content (AvgIpc) is 2.93. The first-order valence-electron chi connectivity index (χ1n) is 6.52. The van der Waals surface area contributed by atoms with Gasteiger partial charge in [0, 0.05) is 19.2 Å². The summed E-state index contributed by atoms with van der Waals surface area (Å²) in [5.74, 6) is 1.30. The van der Waals surface area contributed by atoms with Gasteiger partial charge >= 0.3 is 0 Å². The first-order valence-corrected chi connectivity index (χ1v) is 6.52. The Morgan fingerprint density at radius 3 is 2.85 bits per heavy atom. The van der Waals surface area contributed by atoms with E-state index < -0.39 is 0 Å². The Morgan fingerprint density at radius 1 is 1.20 bits per heavy atom. The minimum atomic E-state index is -0.149. The molecule has 0 unspecified atom stereocenters. The number of nitrogens with one attached hydrogen (secondary N) is 1. The van der Waals surface area contributed by atoms with Crippen LogP contribution in [-0.2, 0) is 9.53 Å². The van der Waals surface area contributed by atoms with Gasteiger partial charge in [0.1, 0.15) is 0 Å². The second-order valence-corrected chi connectivity index (χ2v) is 4.52. The minimum absolute atomic E-state index is 0.149. The van der Waals surface area contributed by atoms with Crippen molar-refractivity contribution in [2.24, 2.45) is 0 Å². The Morgan fingerprint density at radius 2 is 2.00 bits per heavy atom. The number of ether oxygens (including phenoxy) is 3. The molecule has 106 valence electrons. The SMILES string of the molecule is O=C(C=Cc1ccc2c(c1)OCO2)NN1CCOCC1. The summed E-state index contributed by atoms with van der Waals surface area (Å²) in [6.07, 6.45) is 3.25. The van der Waals surface area contributed by atoms with Gasteiger partial charge in [0.25, 0.3) is 5.91 Å². The number of carbonyl (C=O) groups is 1. The van der Waals surface area contributed by atoms with Crippen LogP contribution in [0.2, 0.25) is 0 Å². The maximum Gasteiger partial charge on any atom is 0.258 e. The number of amides is 1. The van der Waals surface area contributed by atoms with Crippen LogP contribution < -0.4 is 14.9 Å². The van der Waals surface area contributed by atoms with Gasteiger partial charge in [-0.1, -0.05) is 6.07 Å². The van der Waals surface area contributed by atoms with Crippen molar-refractivity contribution in [3.05, 3.63) is 29.8 Å². The van der Waals surface area contributed by atoms with Crippen molar-refractivity contribution in [3.8, 4) is 11.5 Å². The summed E-state index contributed by atoms with van der Waals surface area (Å²) in [4.78, 5) is 11.8.